The Hall–Kier alpha value is 0.0569. The molecule has 0 fully saturated rings. The van der Waals surface area contributed by atoms with E-state index < -0.39 is 9.05 Å². The van der Waals surface area contributed by atoms with Crippen molar-refractivity contribution in [1.82, 2.24) is 0 Å². The van der Waals surface area contributed by atoms with Crippen molar-refractivity contribution < 1.29 is 17.7 Å². The summed E-state index contributed by atoms with van der Waals surface area (Å²) in [4.78, 5) is 0. The molecule has 0 aliphatic rings. The van der Waals surface area contributed by atoms with Crippen LogP contribution in [0.1, 0.15) is 105 Å². The van der Waals surface area contributed by atoms with E-state index in [1.807, 2.05) is 0 Å². The minimum absolute atomic E-state index is 0.665. The first-order valence-electron chi connectivity index (χ1n) is 10.8. The Balaban J connectivity index is 4.55. The van der Waals surface area contributed by atoms with Gasteiger partial charge in [0.1, 0.15) is 0 Å². The Morgan fingerprint density at radius 2 is 0.720 bits per heavy atom. The van der Waals surface area contributed by atoms with Crippen LogP contribution < -0.4 is 0 Å². The van der Waals surface area contributed by atoms with Gasteiger partial charge in [-0.15, -0.1) is 0 Å². The fourth-order valence-corrected chi connectivity index (χ4v) is 4.46. The van der Waals surface area contributed by atoms with Gasteiger partial charge in [-0.1, -0.05) is 79.1 Å². The molecule has 25 heavy (non-hydrogen) atoms. The first kappa shape index (κ1) is 25.1. The maximum Gasteiger partial charge on any atom is 0.679 e. The zero-order valence-electron chi connectivity index (χ0n) is 17.4. The van der Waals surface area contributed by atoms with E-state index in [-0.39, 0.29) is 0 Å². The fourth-order valence-electron chi connectivity index (χ4n) is 2.39. The summed E-state index contributed by atoms with van der Waals surface area (Å²) in [6.45, 7) is 11.5. The van der Waals surface area contributed by atoms with E-state index in [0.717, 1.165) is 38.5 Å². The van der Waals surface area contributed by atoms with Crippen LogP contribution in [-0.2, 0) is 17.7 Å². The molecule has 0 aromatic heterocycles. The Morgan fingerprint density at radius 3 is 1.04 bits per heavy atom. The van der Waals surface area contributed by atoms with Crippen LogP contribution in [0, 0.1) is 0 Å². The second kappa shape index (κ2) is 18.8. The lowest BCUT2D eigenvalue weighted by atomic mass is 10.2. The maximum absolute atomic E-state index is 6.15. The van der Waals surface area contributed by atoms with Crippen LogP contribution in [0.25, 0.3) is 0 Å². The van der Waals surface area contributed by atoms with E-state index in [1.54, 1.807) is 0 Å². The molecule has 0 atom stereocenters. The predicted molar refractivity (Wildman–Crippen MR) is 108 cm³/mol. The molecule has 0 aromatic rings. The lowest BCUT2D eigenvalue weighted by Crippen LogP contribution is -2.50. The predicted octanol–water partition coefficient (Wildman–Crippen LogP) is 6.25. The molecule has 0 bridgehead atoms. The van der Waals surface area contributed by atoms with E-state index in [4.69, 9.17) is 17.7 Å². The monoisotopic (exact) mass is 376 g/mol. The maximum atomic E-state index is 6.15. The summed E-state index contributed by atoms with van der Waals surface area (Å²) in [5.74, 6) is 0. The van der Waals surface area contributed by atoms with E-state index in [0.29, 0.717) is 26.4 Å². The molecular weight excluding hydrogens is 332 g/mol. The van der Waals surface area contributed by atoms with E-state index >= 15 is 0 Å². The van der Waals surface area contributed by atoms with Gasteiger partial charge in [0.15, 0.2) is 0 Å². The van der Waals surface area contributed by atoms with Crippen molar-refractivity contribution in [2.24, 2.45) is 0 Å². The van der Waals surface area contributed by atoms with Gasteiger partial charge in [0.2, 0.25) is 0 Å². The third-order valence-electron chi connectivity index (χ3n) is 4.11. The molecule has 0 amide bonds. The molecule has 0 aromatic carbocycles. The number of unbranched alkanes of at least 4 members (excludes halogenated alkanes) is 8. The van der Waals surface area contributed by atoms with E-state index in [1.165, 1.54) is 38.5 Å². The second-order valence-electron chi connectivity index (χ2n) is 6.72. The standard InChI is InChI=1S/C20H44O4Si/c1-5-9-13-15-19-23-25(21-17-11-7-3,22-18-12-8-4)24-20-16-14-10-6-2/h5-20H2,1-4H3. The molecule has 0 heterocycles. The third kappa shape index (κ3) is 14.9. The van der Waals surface area contributed by atoms with Gasteiger partial charge in [-0.05, 0) is 25.7 Å². The van der Waals surface area contributed by atoms with Crippen molar-refractivity contribution in [1.29, 1.82) is 0 Å². The number of hydrogen-bond donors (Lipinski definition) is 0. The van der Waals surface area contributed by atoms with Crippen molar-refractivity contribution in [3.63, 3.8) is 0 Å². The largest absolute Gasteiger partial charge is 0.679 e. The van der Waals surface area contributed by atoms with Crippen LogP contribution in [0.5, 0.6) is 0 Å². The highest BCUT2D eigenvalue weighted by atomic mass is 28.4. The molecular formula is C20H44O4Si. The van der Waals surface area contributed by atoms with Gasteiger partial charge in [-0.3, -0.25) is 0 Å². The molecule has 0 spiro atoms. The van der Waals surface area contributed by atoms with Crippen molar-refractivity contribution >= 4 is 9.05 Å². The quantitative estimate of drug-likeness (QED) is 0.186. The number of hydrogen-bond acceptors (Lipinski definition) is 4. The van der Waals surface area contributed by atoms with Crippen molar-refractivity contribution in [3.8, 4) is 0 Å². The average Bonchev–Trinajstić information content (AvgIpc) is 2.62. The van der Waals surface area contributed by atoms with Gasteiger partial charge in [-0.25, -0.2) is 0 Å². The molecule has 0 N–H and O–H groups in total. The first-order valence-corrected chi connectivity index (χ1v) is 12.4. The molecule has 0 saturated carbocycles. The van der Waals surface area contributed by atoms with E-state index in [9.17, 15) is 0 Å². The summed E-state index contributed by atoms with van der Waals surface area (Å²) in [6, 6.07) is 0. The van der Waals surface area contributed by atoms with Gasteiger partial charge in [0.25, 0.3) is 0 Å². The summed E-state index contributed by atoms with van der Waals surface area (Å²) in [7, 11) is -2.99. The van der Waals surface area contributed by atoms with Gasteiger partial charge >= 0.3 is 9.05 Å². The van der Waals surface area contributed by atoms with Crippen LogP contribution in [0.4, 0.5) is 0 Å². The molecule has 0 aliphatic heterocycles. The summed E-state index contributed by atoms with van der Waals surface area (Å²) >= 11 is 0. The Labute approximate surface area is 158 Å². The molecule has 4 nitrogen and oxygen atoms in total. The highest BCUT2D eigenvalue weighted by molar-refractivity contribution is 6.53. The van der Waals surface area contributed by atoms with E-state index in [2.05, 4.69) is 27.7 Å². The zero-order chi connectivity index (χ0) is 18.6. The normalized spacial score (nSPS) is 12.0. The van der Waals surface area contributed by atoms with Crippen molar-refractivity contribution in [2.75, 3.05) is 26.4 Å². The summed E-state index contributed by atoms with van der Waals surface area (Å²) < 4.78 is 24.5. The van der Waals surface area contributed by atoms with Gasteiger partial charge < -0.3 is 17.7 Å². The average molecular weight is 377 g/mol. The SMILES string of the molecule is CCCCCCO[Si](OCCCC)(OCCCC)OCCCCCC. The lowest BCUT2D eigenvalue weighted by Gasteiger charge is -2.28. The summed E-state index contributed by atoms with van der Waals surface area (Å²) in [5.41, 5.74) is 0. The minimum Gasteiger partial charge on any atom is -0.351 e. The van der Waals surface area contributed by atoms with Crippen LogP contribution >= 0.6 is 0 Å². The highest BCUT2D eigenvalue weighted by Crippen LogP contribution is 2.16. The van der Waals surface area contributed by atoms with Crippen LogP contribution in [0.3, 0.4) is 0 Å². The van der Waals surface area contributed by atoms with Crippen molar-refractivity contribution in [3.05, 3.63) is 0 Å². The second-order valence-corrected chi connectivity index (χ2v) is 8.88. The zero-order valence-corrected chi connectivity index (χ0v) is 18.4. The molecule has 5 heteroatoms. The Morgan fingerprint density at radius 1 is 0.400 bits per heavy atom. The molecule has 0 radical (unpaired) electrons. The molecule has 0 saturated heterocycles. The summed E-state index contributed by atoms with van der Waals surface area (Å²) in [6.07, 6.45) is 13.7. The van der Waals surface area contributed by atoms with Crippen molar-refractivity contribution in [2.45, 2.75) is 105 Å². The highest BCUT2D eigenvalue weighted by Gasteiger charge is 2.45. The molecule has 152 valence electrons. The first-order chi connectivity index (χ1) is 12.2. The number of rotatable bonds is 20. The van der Waals surface area contributed by atoms with Crippen LogP contribution in [0.2, 0.25) is 0 Å². The van der Waals surface area contributed by atoms with Gasteiger partial charge in [0, 0.05) is 26.4 Å². The molecule has 0 rings (SSSR count). The molecule has 0 unspecified atom stereocenters. The van der Waals surface area contributed by atoms with Crippen LogP contribution in [0.15, 0.2) is 0 Å². The van der Waals surface area contributed by atoms with Gasteiger partial charge in [0.05, 0.1) is 0 Å². The fraction of sp³-hybridized carbons (Fsp3) is 1.00. The Bertz CT molecular complexity index is 238. The smallest absolute Gasteiger partial charge is 0.351 e. The van der Waals surface area contributed by atoms with Gasteiger partial charge in [-0.2, -0.15) is 0 Å². The van der Waals surface area contributed by atoms with Crippen LogP contribution in [-0.4, -0.2) is 35.5 Å². The topological polar surface area (TPSA) is 36.9 Å². The molecule has 0 aliphatic carbocycles. The minimum atomic E-state index is -2.99. The summed E-state index contributed by atoms with van der Waals surface area (Å²) in [5, 5.41) is 0. The Kier molecular flexibility index (Phi) is 18.9. The third-order valence-corrected chi connectivity index (χ3v) is 6.34. The lowest BCUT2D eigenvalue weighted by molar-refractivity contribution is -0.0371.